The fourth-order valence-electron chi connectivity index (χ4n) is 1.13. The van der Waals surface area contributed by atoms with Gasteiger partial charge in [0.15, 0.2) is 0 Å². The van der Waals surface area contributed by atoms with E-state index < -0.39 is 0 Å². The highest BCUT2D eigenvalue weighted by Gasteiger charge is 2.13. The number of hydrogen-bond acceptors (Lipinski definition) is 2. The molecule has 0 N–H and O–H groups in total. The van der Waals surface area contributed by atoms with Crippen molar-refractivity contribution in [2.45, 2.75) is 18.5 Å². The minimum Gasteiger partial charge on any atom is -0.151 e. The quantitative estimate of drug-likeness (QED) is 0.507. The summed E-state index contributed by atoms with van der Waals surface area (Å²) < 4.78 is 0. The molecular weight excluding hydrogens is 166 g/mol. The Bertz CT molecular complexity index is 250. The van der Waals surface area contributed by atoms with Gasteiger partial charge in [0, 0.05) is 10.2 Å². The molecule has 0 radical (unpaired) electrons. The summed E-state index contributed by atoms with van der Waals surface area (Å²) in [5, 5.41) is 3.05. The molecule has 0 aromatic heterocycles. The molecule has 0 aliphatic rings. The van der Waals surface area contributed by atoms with Crippen molar-refractivity contribution in [1.82, 2.24) is 0 Å². The molecule has 2 nitrogen and oxygen atoms in total. The Morgan fingerprint density at radius 3 is 2.42 bits per heavy atom. The highest BCUT2D eigenvalue weighted by molar-refractivity contribution is 6.12. The molecule has 0 amide bonds. The van der Waals surface area contributed by atoms with Gasteiger partial charge in [-0.25, -0.2) is 0 Å². The third-order valence-electron chi connectivity index (χ3n) is 2.22. The van der Waals surface area contributed by atoms with E-state index in [2.05, 4.69) is 17.3 Å². The van der Waals surface area contributed by atoms with Crippen molar-refractivity contribution in [3.05, 3.63) is 40.8 Å². The van der Waals surface area contributed by atoms with Gasteiger partial charge in [0.25, 0.3) is 0 Å². The molecule has 2 unspecified atom stereocenters. The van der Waals surface area contributed by atoms with Crippen LogP contribution in [-0.2, 0) is 0 Å². The highest BCUT2D eigenvalue weighted by atomic mass is 28.1. The van der Waals surface area contributed by atoms with E-state index in [0.717, 1.165) is 10.2 Å². The van der Waals surface area contributed by atoms with Crippen LogP contribution in [-0.4, -0.2) is 16.3 Å². The Kier molecular flexibility index (Phi) is 3.16. The summed E-state index contributed by atoms with van der Waals surface area (Å²) in [4.78, 5) is 10.3. The van der Waals surface area contributed by atoms with E-state index in [9.17, 15) is 4.91 Å². The van der Waals surface area contributed by atoms with E-state index in [1.807, 2.05) is 25.1 Å². The Labute approximate surface area is 75.4 Å². The SMILES string of the molecule is CC(N=O)C([SiH3])c1ccccc1. The molecule has 1 aromatic carbocycles. The normalized spacial score (nSPS) is 15.4. The monoisotopic (exact) mass is 179 g/mol. The maximum atomic E-state index is 10.3. The maximum absolute atomic E-state index is 10.3. The van der Waals surface area contributed by atoms with E-state index in [1.54, 1.807) is 0 Å². The van der Waals surface area contributed by atoms with Gasteiger partial charge in [0.05, 0.1) is 6.04 Å². The molecule has 0 saturated carbocycles. The zero-order valence-corrected chi connectivity index (χ0v) is 9.40. The number of hydrogen-bond donors (Lipinski definition) is 0. The lowest BCUT2D eigenvalue weighted by molar-refractivity contribution is 0.708. The van der Waals surface area contributed by atoms with Crippen molar-refractivity contribution in [1.29, 1.82) is 0 Å². The van der Waals surface area contributed by atoms with Crippen LogP contribution in [0.15, 0.2) is 35.5 Å². The first-order valence-corrected chi connectivity index (χ1v) is 5.28. The smallest absolute Gasteiger partial charge is 0.0926 e. The van der Waals surface area contributed by atoms with E-state index in [0.29, 0.717) is 5.54 Å². The Morgan fingerprint density at radius 1 is 1.33 bits per heavy atom. The summed E-state index contributed by atoms with van der Waals surface area (Å²) in [5.74, 6) is 0. The van der Waals surface area contributed by atoms with Gasteiger partial charge < -0.3 is 0 Å². The molecule has 2 atom stereocenters. The summed E-state index contributed by atoms with van der Waals surface area (Å²) in [6.07, 6.45) is 0. The van der Waals surface area contributed by atoms with Crippen molar-refractivity contribution in [2.75, 3.05) is 0 Å². The molecule has 0 fully saturated rings. The van der Waals surface area contributed by atoms with Gasteiger partial charge in [-0.1, -0.05) is 35.5 Å². The number of rotatable bonds is 3. The van der Waals surface area contributed by atoms with Crippen LogP contribution >= 0.6 is 0 Å². The summed E-state index contributed by atoms with van der Waals surface area (Å²) in [6, 6.07) is 10.0. The summed E-state index contributed by atoms with van der Waals surface area (Å²) in [7, 11) is 0.976. The molecule has 0 heterocycles. The van der Waals surface area contributed by atoms with Gasteiger partial charge in [-0.3, -0.25) is 0 Å². The van der Waals surface area contributed by atoms with Gasteiger partial charge in [-0.05, 0) is 18.0 Å². The van der Waals surface area contributed by atoms with Crippen LogP contribution < -0.4 is 0 Å². The first-order chi connectivity index (χ1) is 5.75. The Morgan fingerprint density at radius 2 is 1.92 bits per heavy atom. The molecule has 0 bridgehead atoms. The molecule has 0 spiro atoms. The maximum Gasteiger partial charge on any atom is 0.0926 e. The largest absolute Gasteiger partial charge is 0.151 e. The van der Waals surface area contributed by atoms with Crippen LogP contribution in [0.4, 0.5) is 0 Å². The van der Waals surface area contributed by atoms with Crippen molar-refractivity contribution in [2.24, 2.45) is 5.18 Å². The van der Waals surface area contributed by atoms with Gasteiger partial charge in [-0.2, -0.15) is 4.91 Å². The number of nitrogens with zero attached hydrogens (tertiary/aromatic N) is 1. The second-order valence-corrected chi connectivity index (χ2v) is 4.29. The first-order valence-electron chi connectivity index (χ1n) is 4.13. The summed E-state index contributed by atoms with van der Waals surface area (Å²) in [6.45, 7) is 1.87. The fourth-order valence-corrected chi connectivity index (χ4v) is 1.63. The lowest BCUT2D eigenvalue weighted by Gasteiger charge is -2.12. The molecule has 3 heteroatoms. The summed E-state index contributed by atoms with van der Waals surface area (Å²) in [5.41, 5.74) is 1.58. The van der Waals surface area contributed by atoms with Gasteiger partial charge >= 0.3 is 0 Å². The number of benzene rings is 1. The Balaban J connectivity index is 2.78. The second-order valence-electron chi connectivity index (χ2n) is 3.05. The molecule has 64 valence electrons. The van der Waals surface area contributed by atoms with E-state index in [-0.39, 0.29) is 6.04 Å². The average molecular weight is 179 g/mol. The minimum atomic E-state index is -0.0842. The van der Waals surface area contributed by atoms with Crippen molar-refractivity contribution < 1.29 is 0 Å². The standard InChI is InChI=1S/C9H13NOSi/c1-7(10-11)9(12)8-5-3-2-4-6-8/h2-7,9H,1,12H3. The zero-order chi connectivity index (χ0) is 8.97. The topological polar surface area (TPSA) is 29.4 Å². The number of nitroso groups, excluding NO2 is 1. The predicted molar refractivity (Wildman–Crippen MR) is 54.4 cm³/mol. The molecule has 0 saturated heterocycles. The van der Waals surface area contributed by atoms with Crippen molar-refractivity contribution >= 4 is 10.2 Å². The van der Waals surface area contributed by atoms with Crippen molar-refractivity contribution in [3.63, 3.8) is 0 Å². The van der Waals surface area contributed by atoms with Crippen LogP contribution in [0.25, 0.3) is 0 Å². The van der Waals surface area contributed by atoms with Crippen LogP contribution in [0, 0.1) is 4.91 Å². The van der Waals surface area contributed by atoms with E-state index in [1.165, 1.54) is 5.56 Å². The first kappa shape index (κ1) is 9.13. The second kappa shape index (κ2) is 4.16. The average Bonchev–Trinajstić information content (AvgIpc) is 2.17. The van der Waals surface area contributed by atoms with Crippen LogP contribution in [0.5, 0.6) is 0 Å². The Hall–Kier alpha value is -0.963. The van der Waals surface area contributed by atoms with E-state index >= 15 is 0 Å². The molecule has 0 aliphatic carbocycles. The minimum absolute atomic E-state index is 0.0842. The lowest BCUT2D eigenvalue weighted by Crippen LogP contribution is -2.12. The van der Waals surface area contributed by atoms with Gasteiger partial charge in [-0.15, -0.1) is 0 Å². The van der Waals surface area contributed by atoms with E-state index in [4.69, 9.17) is 0 Å². The fraction of sp³-hybridized carbons (Fsp3) is 0.333. The molecule has 1 aromatic rings. The lowest BCUT2D eigenvalue weighted by atomic mass is 10.1. The third-order valence-corrected chi connectivity index (χ3v) is 3.85. The predicted octanol–water partition coefficient (Wildman–Crippen LogP) is 1.25. The highest BCUT2D eigenvalue weighted by Crippen LogP contribution is 2.17. The van der Waals surface area contributed by atoms with Crippen LogP contribution in [0.1, 0.15) is 18.0 Å². The molecule has 1 rings (SSSR count). The molecular formula is C9H13NOSi. The van der Waals surface area contributed by atoms with Gasteiger partial charge in [0.1, 0.15) is 0 Å². The molecule has 12 heavy (non-hydrogen) atoms. The third kappa shape index (κ3) is 2.01. The summed E-state index contributed by atoms with van der Waals surface area (Å²) >= 11 is 0. The molecule has 0 aliphatic heterocycles. The van der Waals surface area contributed by atoms with Crippen LogP contribution in [0.2, 0.25) is 0 Å². The van der Waals surface area contributed by atoms with Crippen molar-refractivity contribution in [3.8, 4) is 0 Å². The zero-order valence-electron chi connectivity index (χ0n) is 7.40. The van der Waals surface area contributed by atoms with Gasteiger partial charge in [0.2, 0.25) is 0 Å². The van der Waals surface area contributed by atoms with Crippen LogP contribution in [0.3, 0.4) is 0 Å².